The highest BCUT2D eigenvalue weighted by Crippen LogP contribution is 2.27. The van der Waals surface area contributed by atoms with Gasteiger partial charge in [-0.1, -0.05) is 17.7 Å². The molecule has 0 fully saturated rings. The summed E-state index contributed by atoms with van der Waals surface area (Å²) < 4.78 is 1.61. The number of rotatable bonds is 4. The van der Waals surface area contributed by atoms with E-state index in [1.165, 1.54) is 0 Å². The zero-order valence-electron chi connectivity index (χ0n) is 12.1. The molecule has 2 N–H and O–H groups in total. The predicted octanol–water partition coefficient (Wildman–Crippen LogP) is 3.24. The molecule has 0 aliphatic rings. The molecule has 2 heterocycles. The van der Waals surface area contributed by atoms with Gasteiger partial charge in [0.05, 0.1) is 10.7 Å². The van der Waals surface area contributed by atoms with Crippen LogP contribution >= 0.6 is 11.6 Å². The Labute approximate surface area is 138 Å². The van der Waals surface area contributed by atoms with E-state index < -0.39 is 0 Å². The molecule has 0 radical (unpaired) electrons. The van der Waals surface area contributed by atoms with Crippen molar-refractivity contribution in [3.8, 4) is 5.69 Å². The molecule has 0 bridgehead atoms. The van der Waals surface area contributed by atoms with Gasteiger partial charge in [0.2, 0.25) is 0 Å². The summed E-state index contributed by atoms with van der Waals surface area (Å²) >= 11 is 6.24. The molecular weight excluding hydrogens is 314 g/mol. The predicted molar refractivity (Wildman–Crippen MR) is 88.7 cm³/mol. The molecule has 2 amide bonds. The van der Waals surface area contributed by atoms with Gasteiger partial charge >= 0.3 is 6.03 Å². The van der Waals surface area contributed by atoms with Crippen LogP contribution in [0.5, 0.6) is 0 Å². The molecule has 0 unspecified atom stereocenters. The van der Waals surface area contributed by atoms with E-state index in [0.29, 0.717) is 22.9 Å². The van der Waals surface area contributed by atoms with E-state index >= 15 is 0 Å². The van der Waals surface area contributed by atoms with E-state index in [2.05, 4.69) is 20.7 Å². The Bertz CT molecular complexity index is 789. The molecule has 3 rings (SSSR count). The second-order valence-corrected chi connectivity index (χ2v) is 5.16. The smallest absolute Gasteiger partial charge is 0.319 e. The third-order valence-electron chi connectivity index (χ3n) is 3.17. The number of carbonyl (C=O) groups is 1. The van der Waals surface area contributed by atoms with Crippen molar-refractivity contribution in [3.63, 3.8) is 0 Å². The van der Waals surface area contributed by atoms with Crippen molar-refractivity contribution >= 4 is 23.3 Å². The zero-order chi connectivity index (χ0) is 16.1. The van der Waals surface area contributed by atoms with Gasteiger partial charge in [-0.05, 0) is 35.9 Å². The van der Waals surface area contributed by atoms with Crippen molar-refractivity contribution in [1.82, 2.24) is 20.1 Å². The average Bonchev–Trinajstić information content (AvgIpc) is 3.08. The molecule has 23 heavy (non-hydrogen) atoms. The number of benzene rings is 1. The quantitative estimate of drug-likeness (QED) is 0.772. The van der Waals surface area contributed by atoms with Crippen LogP contribution in [0, 0.1) is 0 Å². The van der Waals surface area contributed by atoms with E-state index in [9.17, 15) is 4.79 Å². The van der Waals surface area contributed by atoms with E-state index in [0.717, 1.165) is 5.56 Å². The highest BCUT2D eigenvalue weighted by atomic mass is 35.5. The van der Waals surface area contributed by atoms with Crippen LogP contribution in [0.25, 0.3) is 5.69 Å². The summed E-state index contributed by atoms with van der Waals surface area (Å²) in [6.07, 6.45) is 6.78. The van der Waals surface area contributed by atoms with Crippen LogP contribution in [-0.4, -0.2) is 20.8 Å². The van der Waals surface area contributed by atoms with Crippen LogP contribution < -0.4 is 10.6 Å². The second kappa shape index (κ2) is 6.93. The Kier molecular flexibility index (Phi) is 4.54. The molecule has 7 heteroatoms. The van der Waals surface area contributed by atoms with E-state index in [1.54, 1.807) is 53.7 Å². The molecule has 0 saturated carbocycles. The summed E-state index contributed by atoms with van der Waals surface area (Å²) in [5.41, 5.74) is 2.17. The normalized spacial score (nSPS) is 10.3. The van der Waals surface area contributed by atoms with Crippen LogP contribution in [0.4, 0.5) is 10.5 Å². The van der Waals surface area contributed by atoms with Crippen LogP contribution in [0.15, 0.2) is 61.2 Å². The average molecular weight is 328 g/mol. The van der Waals surface area contributed by atoms with Crippen LogP contribution in [-0.2, 0) is 6.54 Å². The molecule has 6 nitrogen and oxygen atoms in total. The third-order valence-corrected chi connectivity index (χ3v) is 3.48. The summed E-state index contributed by atoms with van der Waals surface area (Å²) in [6.45, 7) is 0.409. The summed E-state index contributed by atoms with van der Waals surface area (Å²) in [5.74, 6) is 0. The van der Waals surface area contributed by atoms with Gasteiger partial charge in [-0.2, -0.15) is 5.10 Å². The minimum absolute atomic E-state index is 0.322. The maximum absolute atomic E-state index is 12.1. The number of amides is 2. The number of halogens is 1. The first-order chi connectivity index (χ1) is 11.2. The molecule has 0 saturated heterocycles. The first-order valence-corrected chi connectivity index (χ1v) is 7.34. The van der Waals surface area contributed by atoms with Crippen LogP contribution in [0.1, 0.15) is 5.56 Å². The number of aromatic nitrogens is 3. The lowest BCUT2D eigenvalue weighted by Crippen LogP contribution is -2.28. The van der Waals surface area contributed by atoms with Gasteiger partial charge in [-0.15, -0.1) is 0 Å². The van der Waals surface area contributed by atoms with E-state index in [4.69, 9.17) is 11.6 Å². The number of hydrogen-bond acceptors (Lipinski definition) is 3. The van der Waals surface area contributed by atoms with Crippen LogP contribution in [0.2, 0.25) is 5.02 Å². The maximum atomic E-state index is 12.1. The van der Waals surface area contributed by atoms with Gasteiger partial charge in [0, 0.05) is 31.3 Å². The highest BCUT2D eigenvalue weighted by Gasteiger charge is 2.12. The number of nitrogens with one attached hydrogen (secondary N) is 2. The van der Waals surface area contributed by atoms with Crippen molar-refractivity contribution in [2.45, 2.75) is 6.54 Å². The number of hydrogen-bond donors (Lipinski definition) is 2. The first-order valence-electron chi connectivity index (χ1n) is 6.96. The molecule has 0 atom stereocenters. The Hall–Kier alpha value is -2.86. The maximum Gasteiger partial charge on any atom is 0.319 e. The Morgan fingerprint density at radius 3 is 2.70 bits per heavy atom. The fourth-order valence-corrected chi connectivity index (χ4v) is 2.36. The molecule has 0 spiro atoms. The number of urea groups is 1. The fraction of sp³-hybridized carbons (Fsp3) is 0.0625. The van der Waals surface area contributed by atoms with Gasteiger partial charge in [0.15, 0.2) is 0 Å². The Morgan fingerprint density at radius 1 is 1.13 bits per heavy atom. The monoisotopic (exact) mass is 327 g/mol. The zero-order valence-corrected chi connectivity index (χ0v) is 12.9. The lowest BCUT2D eigenvalue weighted by atomic mass is 10.2. The lowest BCUT2D eigenvalue weighted by Gasteiger charge is -2.13. The van der Waals surface area contributed by atoms with Crippen molar-refractivity contribution in [3.05, 3.63) is 71.8 Å². The summed E-state index contributed by atoms with van der Waals surface area (Å²) in [5, 5.41) is 10.3. The Balaban J connectivity index is 1.73. The molecule has 0 aliphatic heterocycles. The van der Waals surface area contributed by atoms with Crippen molar-refractivity contribution in [2.24, 2.45) is 0 Å². The highest BCUT2D eigenvalue weighted by molar-refractivity contribution is 6.33. The minimum Gasteiger partial charge on any atom is -0.334 e. The lowest BCUT2D eigenvalue weighted by molar-refractivity contribution is 0.251. The third kappa shape index (κ3) is 3.67. The van der Waals surface area contributed by atoms with E-state index in [1.807, 2.05) is 12.1 Å². The number of nitrogens with zero attached hydrogens (tertiary/aromatic N) is 3. The molecule has 3 aromatic rings. The molecule has 1 aromatic carbocycles. The first kappa shape index (κ1) is 15.1. The molecule has 2 aromatic heterocycles. The summed E-state index contributed by atoms with van der Waals surface area (Å²) in [4.78, 5) is 16.0. The summed E-state index contributed by atoms with van der Waals surface area (Å²) in [7, 11) is 0. The van der Waals surface area contributed by atoms with Crippen LogP contribution in [0.3, 0.4) is 0 Å². The molecule has 0 aliphatic carbocycles. The fourth-order valence-electron chi connectivity index (χ4n) is 2.10. The van der Waals surface area contributed by atoms with E-state index in [-0.39, 0.29) is 6.03 Å². The van der Waals surface area contributed by atoms with Crippen molar-refractivity contribution < 1.29 is 4.79 Å². The largest absolute Gasteiger partial charge is 0.334 e. The number of pyridine rings is 1. The standard InChI is InChI=1S/C16H14ClN5O/c17-13-3-1-4-14(15(13)22-10-2-7-20-22)21-16(23)19-11-12-5-8-18-9-6-12/h1-10H,11H2,(H2,19,21,23). The second-order valence-electron chi connectivity index (χ2n) is 4.75. The van der Waals surface area contributed by atoms with Gasteiger partial charge in [-0.3, -0.25) is 4.98 Å². The van der Waals surface area contributed by atoms with Crippen molar-refractivity contribution in [2.75, 3.05) is 5.32 Å². The topological polar surface area (TPSA) is 71.8 Å². The number of carbonyl (C=O) groups excluding carboxylic acids is 1. The number of anilines is 1. The van der Waals surface area contributed by atoms with Gasteiger partial charge in [-0.25, -0.2) is 9.48 Å². The molecular formula is C16H14ClN5O. The van der Waals surface area contributed by atoms with Crippen molar-refractivity contribution in [1.29, 1.82) is 0 Å². The van der Waals surface area contributed by atoms with Gasteiger partial charge < -0.3 is 10.6 Å². The number of para-hydroxylation sites is 1. The minimum atomic E-state index is -0.322. The Morgan fingerprint density at radius 2 is 1.96 bits per heavy atom. The summed E-state index contributed by atoms with van der Waals surface area (Å²) in [6, 6.07) is 10.4. The van der Waals surface area contributed by atoms with Gasteiger partial charge in [0.25, 0.3) is 0 Å². The van der Waals surface area contributed by atoms with Gasteiger partial charge in [0.1, 0.15) is 5.69 Å². The SMILES string of the molecule is O=C(NCc1ccncc1)Nc1cccc(Cl)c1-n1cccn1. The molecule has 116 valence electrons.